The number of hydrogen-bond donors (Lipinski definition) is 0. The van der Waals surface area contributed by atoms with Crippen LogP contribution in [0, 0.1) is 22.7 Å². The maximum Gasteiger partial charge on any atom is 0.194 e. The maximum absolute atomic E-state index is 10.7. The van der Waals surface area contributed by atoms with Gasteiger partial charge in [-0.05, 0) is 83.9 Å². The highest BCUT2D eigenvalue weighted by Gasteiger charge is 2.45. The van der Waals surface area contributed by atoms with Gasteiger partial charge in [-0.2, -0.15) is 10.5 Å². The Balaban J connectivity index is 1.40. The molecule has 6 aromatic rings. The Hall–Kier alpha value is -6.10. The van der Waals surface area contributed by atoms with Crippen molar-refractivity contribution in [2.45, 2.75) is 5.41 Å². The standard InChI is InChI=1S/C39H26N4/c40-27-39(28-41)37-25-33(42(29-13-5-1-6-14-29)30-15-7-2-8-16-30)21-23-35(37)36-24-22-34(26-38(36)39)43(31-17-9-3-10-18-31)32-19-11-4-12-20-32/h1-26H. The first-order valence-corrected chi connectivity index (χ1v) is 14.2. The van der Waals surface area contributed by atoms with Gasteiger partial charge in [0.2, 0.25) is 0 Å². The molecule has 0 bridgehead atoms. The molecule has 0 atom stereocenters. The Bertz CT molecular complexity index is 1760. The van der Waals surface area contributed by atoms with Gasteiger partial charge in [-0.1, -0.05) is 84.9 Å². The molecule has 1 aliphatic rings. The van der Waals surface area contributed by atoms with Crippen LogP contribution in [0.4, 0.5) is 34.1 Å². The van der Waals surface area contributed by atoms with Crippen molar-refractivity contribution in [2.24, 2.45) is 0 Å². The molecule has 0 radical (unpaired) electrons. The zero-order valence-electron chi connectivity index (χ0n) is 23.3. The molecule has 4 nitrogen and oxygen atoms in total. The average Bonchev–Trinajstić information content (AvgIpc) is 3.36. The van der Waals surface area contributed by atoms with Crippen LogP contribution in [0.15, 0.2) is 158 Å². The number of rotatable bonds is 6. The third kappa shape index (κ3) is 4.30. The predicted octanol–water partition coefficient (Wildman–Crippen LogP) is 9.94. The molecule has 0 heterocycles. The zero-order valence-corrected chi connectivity index (χ0v) is 23.3. The normalized spacial score (nSPS) is 12.3. The molecule has 202 valence electrons. The summed E-state index contributed by atoms with van der Waals surface area (Å²) in [5, 5.41) is 21.5. The Morgan fingerprint density at radius 2 is 0.674 bits per heavy atom. The van der Waals surface area contributed by atoms with Gasteiger partial charge in [0.15, 0.2) is 5.41 Å². The lowest BCUT2D eigenvalue weighted by atomic mass is 9.80. The number of anilines is 6. The van der Waals surface area contributed by atoms with Crippen LogP contribution >= 0.6 is 0 Å². The third-order valence-electron chi connectivity index (χ3n) is 8.01. The minimum atomic E-state index is -1.46. The van der Waals surface area contributed by atoms with E-state index in [0.717, 1.165) is 45.3 Å². The molecule has 0 aromatic heterocycles. The highest BCUT2D eigenvalue weighted by atomic mass is 15.1. The Morgan fingerprint density at radius 3 is 0.953 bits per heavy atom. The summed E-state index contributed by atoms with van der Waals surface area (Å²) in [7, 11) is 0. The van der Waals surface area contributed by atoms with Gasteiger partial charge in [0.05, 0.1) is 12.1 Å². The van der Waals surface area contributed by atoms with Gasteiger partial charge >= 0.3 is 0 Å². The predicted molar refractivity (Wildman–Crippen MR) is 173 cm³/mol. The lowest BCUT2D eigenvalue weighted by Gasteiger charge is -2.27. The number of benzene rings is 6. The Kier molecular flexibility index (Phi) is 6.44. The van der Waals surface area contributed by atoms with E-state index in [4.69, 9.17) is 0 Å². The molecule has 0 N–H and O–H groups in total. The summed E-state index contributed by atoms with van der Waals surface area (Å²) in [6, 6.07) is 57.7. The second kappa shape index (κ2) is 10.7. The molecule has 0 saturated heterocycles. The van der Waals surface area contributed by atoms with Crippen molar-refractivity contribution < 1.29 is 0 Å². The molecule has 7 rings (SSSR count). The van der Waals surface area contributed by atoms with Crippen LogP contribution in [0.2, 0.25) is 0 Å². The van der Waals surface area contributed by atoms with Crippen molar-refractivity contribution in [3.05, 3.63) is 169 Å². The van der Waals surface area contributed by atoms with Crippen LogP contribution in [-0.2, 0) is 5.41 Å². The third-order valence-corrected chi connectivity index (χ3v) is 8.01. The average molecular weight is 551 g/mol. The second-order valence-corrected chi connectivity index (χ2v) is 10.4. The van der Waals surface area contributed by atoms with Gasteiger partial charge in [0.1, 0.15) is 0 Å². The van der Waals surface area contributed by atoms with Gasteiger partial charge in [-0.3, -0.25) is 0 Å². The second-order valence-electron chi connectivity index (χ2n) is 10.4. The molecule has 0 amide bonds. The largest absolute Gasteiger partial charge is 0.310 e. The number of para-hydroxylation sites is 4. The first-order valence-electron chi connectivity index (χ1n) is 14.2. The van der Waals surface area contributed by atoms with Crippen LogP contribution in [0.25, 0.3) is 11.1 Å². The molecule has 0 aliphatic heterocycles. The first kappa shape index (κ1) is 25.8. The van der Waals surface area contributed by atoms with Crippen molar-refractivity contribution in [3.8, 4) is 23.3 Å². The summed E-state index contributed by atoms with van der Waals surface area (Å²) in [5.41, 5.74) is 7.48. The fourth-order valence-electron chi connectivity index (χ4n) is 6.05. The van der Waals surface area contributed by atoms with E-state index in [1.807, 2.05) is 97.1 Å². The van der Waals surface area contributed by atoms with Crippen LogP contribution < -0.4 is 9.80 Å². The van der Waals surface area contributed by atoms with Crippen molar-refractivity contribution in [2.75, 3.05) is 9.80 Å². The summed E-state index contributed by atoms with van der Waals surface area (Å²) in [5.74, 6) is 0. The van der Waals surface area contributed by atoms with Gasteiger partial charge in [0.25, 0.3) is 0 Å². The minimum absolute atomic E-state index is 0.699. The fraction of sp³-hybridized carbons (Fsp3) is 0.0256. The lowest BCUT2D eigenvalue weighted by Crippen LogP contribution is -2.21. The monoisotopic (exact) mass is 550 g/mol. The van der Waals surface area contributed by atoms with Crippen LogP contribution in [0.3, 0.4) is 0 Å². The quantitative estimate of drug-likeness (QED) is 0.207. The van der Waals surface area contributed by atoms with Gasteiger partial charge in [-0.15, -0.1) is 0 Å². The van der Waals surface area contributed by atoms with Gasteiger partial charge in [0, 0.05) is 45.3 Å². The molecule has 6 aromatic carbocycles. The van der Waals surface area contributed by atoms with Crippen LogP contribution in [0.5, 0.6) is 0 Å². The molecular weight excluding hydrogens is 524 g/mol. The molecule has 1 aliphatic carbocycles. The van der Waals surface area contributed by atoms with E-state index >= 15 is 0 Å². The van der Waals surface area contributed by atoms with E-state index in [9.17, 15) is 10.5 Å². The Morgan fingerprint density at radius 1 is 0.372 bits per heavy atom. The molecular formula is C39H26N4. The maximum atomic E-state index is 10.7. The molecule has 0 unspecified atom stereocenters. The minimum Gasteiger partial charge on any atom is -0.310 e. The molecule has 43 heavy (non-hydrogen) atoms. The Labute approximate surface area is 251 Å². The smallest absolute Gasteiger partial charge is 0.194 e. The van der Waals surface area contributed by atoms with Crippen molar-refractivity contribution in [1.82, 2.24) is 0 Å². The number of hydrogen-bond acceptors (Lipinski definition) is 4. The van der Waals surface area contributed by atoms with E-state index in [1.165, 1.54) is 0 Å². The summed E-state index contributed by atoms with van der Waals surface area (Å²) in [6.45, 7) is 0. The number of nitrogens with zero attached hydrogens (tertiary/aromatic N) is 4. The topological polar surface area (TPSA) is 54.1 Å². The SMILES string of the molecule is N#CC1(C#N)c2cc(N(c3ccccc3)c3ccccc3)ccc2-c2ccc(N(c3ccccc3)c3ccccc3)cc21. The highest BCUT2D eigenvalue weighted by Crippen LogP contribution is 2.52. The van der Waals surface area contributed by atoms with Gasteiger partial charge < -0.3 is 9.80 Å². The molecule has 0 fully saturated rings. The van der Waals surface area contributed by atoms with Crippen LogP contribution in [0.1, 0.15) is 11.1 Å². The highest BCUT2D eigenvalue weighted by molar-refractivity contribution is 5.90. The van der Waals surface area contributed by atoms with Gasteiger partial charge in [-0.25, -0.2) is 0 Å². The molecule has 0 saturated carbocycles. The van der Waals surface area contributed by atoms with E-state index in [0.29, 0.717) is 11.1 Å². The molecule has 0 spiro atoms. The van der Waals surface area contributed by atoms with Crippen molar-refractivity contribution in [1.29, 1.82) is 10.5 Å². The van der Waals surface area contributed by atoms with E-state index in [-0.39, 0.29) is 0 Å². The van der Waals surface area contributed by atoms with Crippen LogP contribution in [-0.4, -0.2) is 0 Å². The number of nitriles is 2. The van der Waals surface area contributed by atoms with E-state index < -0.39 is 5.41 Å². The van der Waals surface area contributed by atoms with E-state index in [1.54, 1.807) is 0 Å². The first-order chi connectivity index (χ1) is 21.2. The summed E-state index contributed by atoms with van der Waals surface area (Å²) in [6.07, 6.45) is 0. The summed E-state index contributed by atoms with van der Waals surface area (Å²) >= 11 is 0. The number of fused-ring (bicyclic) bond motifs is 3. The molecule has 4 heteroatoms. The van der Waals surface area contributed by atoms with Crippen molar-refractivity contribution in [3.63, 3.8) is 0 Å². The summed E-state index contributed by atoms with van der Waals surface area (Å²) in [4.78, 5) is 4.31. The lowest BCUT2D eigenvalue weighted by molar-refractivity contribution is 0.877. The summed E-state index contributed by atoms with van der Waals surface area (Å²) < 4.78 is 0. The van der Waals surface area contributed by atoms with Crippen molar-refractivity contribution >= 4 is 34.1 Å². The zero-order chi connectivity index (χ0) is 29.2. The van der Waals surface area contributed by atoms with E-state index in [2.05, 4.69) is 82.6 Å². The fourth-order valence-corrected chi connectivity index (χ4v) is 6.05.